The Hall–Kier alpha value is -3.35. The molecule has 1 aromatic heterocycles. The van der Waals surface area contributed by atoms with Crippen LogP contribution in [0.1, 0.15) is 79.9 Å². The van der Waals surface area contributed by atoms with E-state index in [1.54, 1.807) is 18.2 Å². The number of hydrogen-bond donors (Lipinski definition) is 1. The number of nitrogens with one attached hydrogen (secondary N) is 1. The predicted molar refractivity (Wildman–Crippen MR) is 155 cm³/mol. The zero-order valence-corrected chi connectivity index (χ0v) is 25.5. The fourth-order valence-electron chi connectivity index (χ4n) is 5.97. The molecule has 2 heterocycles. The second-order valence-electron chi connectivity index (χ2n) is 10.9. The third-order valence-corrected chi connectivity index (χ3v) is 8.66. The molecule has 9 nitrogen and oxygen atoms in total. The number of hydrogen-bond acceptors (Lipinski definition) is 7. The molecular formula is C30H31Cl2F3N4O5. The number of carbonyl (C=O) groups excluding carboxylic acids is 2. The Balaban J connectivity index is 1.56. The van der Waals surface area contributed by atoms with Gasteiger partial charge in [0.25, 0.3) is 0 Å². The van der Waals surface area contributed by atoms with Gasteiger partial charge < -0.3 is 19.5 Å². The fourth-order valence-corrected chi connectivity index (χ4v) is 6.45. The van der Waals surface area contributed by atoms with Crippen LogP contribution in [0.2, 0.25) is 10.0 Å². The van der Waals surface area contributed by atoms with E-state index in [0.717, 1.165) is 36.7 Å². The lowest BCUT2D eigenvalue weighted by Crippen LogP contribution is -2.43. The van der Waals surface area contributed by atoms with Gasteiger partial charge in [0.15, 0.2) is 5.82 Å². The van der Waals surface area contributed by atoms with Crippen LogP contribution >= 0.6 is 23.2 Å². The first-order valence-corrected chi connectivity index (χ1v) is 14.9. The van der Waals surface area contributed by atoms with E-state index in [0.29, 0.717) is 17.7 Å². The maximum Gasteiger partial charge on any atom is 0.452 e. The maximum absolute atomic E-state index is 14.3. The van der Waals surface area contributed by atoms with Gasteiger partial charge in [-0.1, -0.05) is 67.4 Å². The molecule has 44 heavy (non-hydrogen) atoms. The van der Waals surface area contributed by atoms with Crippen LogP contribution in [-0.2, 0) is 25.2 Å². The average molecular weight is 656 g/mol. The summed E-state index contributed by atoms with van der Waals surface area (Å²) in [6.07, 6.45) is -2.34. The van der Waals surface area contributed by atoms with Gasteiger partial charge >= 0.3 is 12.1 Å². The zero-order valence-electron chi connectivity index (χ0n) is 24.0. The molecule has 3 aromatic rings. The van der Waals surface area contributed by atoms with Crippen molar-refractivity contribution in [2.75, 3.05) is 14.2 Å². The van der Waals surface area contributed by atoms with Gasteiger partial charge in [0.1, 0.15) is 24.0 Å². The molecule has 0 bridgehead atoms. The molecule has 5 rings (SSSR count). The summed E-state index contributed by atoms with van der Waals surface area (Å²) in [6, 6.07) is 8.32. The highest BCUT2D eigenvalue weighted by Crippen LogP contribution is 2.46. The summed E-state index contributed by atoms with van der Waals surface area (Å²) in [5, 5.41) is 10.4. The highest BCUT2D eigenvalue weighted by Gasteiger charge is 2.44. The number of rotatable bonds is 8. The van der Waals surface area contributed by atoms with E-state index in [-0.39, 0.29) is 33.0 Å². The summed E-state index contributed by atoms with van der Waals surface area (Å²) >= 11 is 13.0. The quantitative estimate of drug-likeness (QED) is 0.267. The third kappa shape index (κ3) is 6.67. The molecule has 1 saturated carbocycles. The van der Waals surface area contributed by atoms with E-state index >= 15 is 0 Å². The van der Waals surface area contributed by atoms with Crippen LogP contribution in [-0.4, -0.2) is 46.9 Å². The van der Waals surface area contributed by atoms with E-state index in [1.807, 2.05) is 0 Å². The molecule has 2 aliphatic rings. The average Bonchev–Trinajstić information content (AvgIpc) is 3.41. The Bertz CT molecular complexity index is 1530. The maximum atomic E-state index is 14.3. The molecule has 236 valence electrons. The summed E-state index contributed by atoms with van der Waals surface area (Å²) in [4.78, 5) is 26.1. The molecular weight excluding hydrogens is 624 g/mol. The SMILES string of the molecule is COC(=O)[C@H](CC1CCCCC1)NC(=O)C[C@@H]1O[C@@H](c2cccc(OC)c2Cl)c2cc(Cl)ccc2-n2c1nnc2C(F)(F)F. The van der Waals surface area contributed by atoms with E-state index in [1.165, 1.54) is 32.4 Å². The minimum atomic E-state index is -4.89. The minimum absolute atomic E-state index is 0.0539. The number of ether oxygens (including phenoxy) is 3. The number of alkyl halides is 3. The second kappa shape index (κ2) is 13.3. The van der Waals surface area contributed by atoms with Crippen molar-refractivity contribution in [1.82, 2.24) is 20.1 Å². The van der Waals surface area contributed by atoms with E-state index in [9.17, 15) is 22.8 Å². The molecule has 0 unspecified atom stereocenters. The number of benzene rings is 2. The van der Waals surface area contributed by atoms with E-state index < -0.39 is 48.5 Å². The van der Waals surface area contributed by atoms with Crippen molar-refractivity contribution in [3.05, 3.63) is 69.2 Å². The standard InChI is InChI=1S/C30H31Cl2F3N4O5/c1-42-22-10-6-9-18(25(22)32)26-19-14-17(31)11-12-21(19)39-27(37-38-29(39)30(33,34)35)23(44-26)15-24(40)36-20(28(41)43-2)13-16-7-4-3-5-8-16/h6,9-12,14,16,20,23,26H,3-5,7-8,13,15H2,1-2H3,(H,36,40)/t20-,23-,26-/m0/s1. The van der Waals surface area contributed by atoms with Crippen LogP contribution in [0.3, 0.4) is 0 Å². The van der Waals surface area contributed by atoms with Gasteiger partial charge in [-0.05, 0) is 36.6 Å². The van der Waals surface area contributed by atoms with Crippen molar-refractivity contribution in [2.24, 2.45) is 5.92 Å². The Kier molecular flexibility index (Phi) is 9.71. The van der Waals surface area contributed by atoms with Gasteiger partial charge in [-0.15, -0.1) is 10.2 Å². The van der Waals surface area contributed by atoms with Crippen LogP contribution in [0.15, 0.2) is 36.4 Å². The Morgan fingerprint density at radius 3 is 2.52 bits per heavy atom. The molecule has 1 aliphatic heterocycles. The Morgan fingerprint density at radius 1 is 1.09 bits per heavy atom. The summed E-state index contributed by atoms with van der Waals surface area (Å²) in [5.74, 6) is -2.24. The summed E-state index contributed by atoms with van der Waals surface area (Å²) in [6.45, 7) is 0. The lowest BCUT2D eigenvalue weighted by atomic mass is 9.85. The monoisotopic (exact) mass is 654 g/mol. The first-order chi connectivity index (χ1) is 21.0. The van der Waals surface area contributed by atoms with Gasteiger partial charge in [0.2, 0.25) is 11.7 Å². The van der Waals surface area contributed by atoms with Crippen molar-refractivity contribution in [2.45, 2.75) is 69.4 Å². The van der Waals surface area contributed by atoms with Crippen LogP contribution < -0.4 is 10.1 Å². The topological polar surface area (TPSA) is 105 Å². The van der Waals surface area contributed by atoms with Crippen LogP contribution in [0.4, 0.5) is 13.2 Å². The second-order valence-corrected chi connectivity index (χ2v) is 11.7. The zero-order chi connectivity index (χ0) is 31.6. The van der Waals surface area contributed by atoms with Gasteiger partial charge in [-0.25, -0.2) is 4.79 Å². The first kappa shape index (κ1) is 32.1. The molecule has 0 radical (unpaired) electrons. The lowest BCUT2D eigenvalue weighted by Gasteiger charge is -2.27. The minimum Gasteiger partial charge on any atom is -0.495 e. The van der Waals surface area contributed by atoms with Crippen LogP contribution in [0.5, 0.6) is 5.75 Å². The highest BCUT2D eigenvalue weighted by atomic mass is 35.5. The summed E-state index contributed by atoms with van der Waals surface area (Å²) in [5.41, 5.74) is 0.669. The summed E-state index contributed by atoms with van der Waals surface area (Å²) in [7, 11) is 2.67. The van der Waals surface area contributed by atoms with Gasteiger partial charge in [0.05, 0.1) is 31.4 Å². The normalized spacial score (nSPS) is 19.3. The van der Waals surface area contributed by atoms with Crippen molar-refractivity contribution in [3.8, 4) is 11.4 Å². The van der Waals surface area contributed by atoms with Crippen LogP contribution in [0.25, 0.3) is 5.69 Å². The van der Waals surface area contributed by atoms with Crippen LogP contribution in [0, 0.1) is 5.92 Å². The number of fused-ring (bicyclic) bond motifs is 3. The largest absolute Gasteiger partial charge is 0.495 e. The Labute approximate surface area is 262 Å². The molecule has 14 heteroatoms. The van der Waals surface area contributed by atoms with Crippen molar-refractivity contribution >= 4 is 35.1 Å². The van der Waals surface area contributed by atoms with Crippen molar-refractivity contribution < 1.29 is 37.0 Å². The molecule has 3 atom stereocenters. The number of nitrogens with zero attached hydrogens (tertiary/aromatic N) is 3. The predicted octanol–water partition coefficient (Wildman–Crippen LogP) is 6.78. The molecule has 1 N–H and O–H groups in total. The van der Waals surface area contributed by atoms with E-state index in [4.69, 9.17) is 37.4 Å². The van der Waals surface area contributed by atoms with Crippen molar-refractivity contribution in [3.63, 3.8) is 0 Å². The fraction of sp³-hybridized carbons (Fsp3) is 0.467. The highest BCUT2D eigenvalue weighted by molar-refractivity contribution is 6.33. The Morgan fingerprint density at radius 2 is 1.84 bits per heavy atom. The van der Waals surface area contributed by atoms with Crippen molar-refractivity contribution in [1.29, 1.82) is 0 Å². The van der Waals surface area contributed by atoms with Gasteiger partial charge in [-0.2, -0.15) is 13.2 Å². The number of carbonyl (C=O) groups is 2. The molecule has 2 aromatic carbocycles. The smallest absolute Gasteiger partial charge is 0.452 e. The van der Waals surface area contributed by atoms with Gasteiger partial charge in [-0.3, -0.25) is 9.36 Å². The number of amides is 1. The number of esters is 1. The number of aromatic nitrogens is 3. The number of halogens is 5. The first-order valence-electron chi connectivity index (χ1n) is 14.2. The molecule has 1 fully saturated rings. The molecule has 1 amide bonds. The molecule has 0 spiro atoms. The van der Waals surface area contributed by atoms with E-state index in [2.05, 4.69) is 15.5 Å². The lowest BCUT2D eigenvalue weighted by molar-refractivity contribution is -0.147. The summed E-state index contributed by atoms with van der Waals surface area (Å²) < 4.78 is 60.3. The third-order valence-electron chi connectivity index (χ3n) is 8.02. The molecule has 1 aliphatic carbocycles. The number of methoxy groups -OCH3 is 2. The van der Waals surface area contributed by atoms with Gasteiger partial charge in [0, 0.05) is 16.1 Å². The molecule has 0 saturated heterocycles.